The van der Waals surface area contributed by atoms with Crippen LogP contribution >= 0.6 is 0 Å². The second kappa shape index (κ2) is 15.1. The summed E-state index contributed by atoms with van der Waals surface area (Å²) in [4.78, 5) is 31.2. The molecule has 1 aromatic heterocycles. The maximum Gasteiger partial charge on any atom is 0.261 e. The first-order valence-corrected chi connectivity index (χ1v) is 16.2. The van der Waals surface area contributed by atoms with Crippen LogP contribution in [0, 0.1) is 0 Å². The summed E-state index contributed by atoms with van der Waals surface area (Å²) in [7, 11) is 0. The predicted octanol–water partition coefficient (Wildman–Crippen LogP) is 2.87. The Morgan fingerprint density at radius 2 is 1.50 bits per heavy atom. The first kappa shape index (κ1) is 33.4. The van der Waals surface area contributed by atoms with Crippen molar-refractivity contribution in [1.29, 1.82) is 0 Å². The molecule has 0 aliphatic carbocycles. The molecule has 0 spiro atoms. The average Bonchev–Trinajstić information content (AvgIpc) is 3.70. The Hall–Kier alpha value is -4.53. The van der Waals surface area contributed by atoms with E-state index in [-0.39, 0.29) is 18.4 Å². The van der Waals surface area contributed by atoms with Crippen LogP contribution in [0.1, 0.15) is 58.2 Å². The predicted molar refractivity (Wildman–Crippen MR) is 175 cm³/mol. The van der Waals surface area contributed by atoms with E-state index in [9.17, 15) is 30.0 Å². The number of nitrogens with zero attached hydrogens (tertiary/aromatic N) is 3. The third kappa shape index (κ3) is 6.86. The van der Waals surface area contributed by atoms with Gasteiger partial charge in [0, 0.05) is 19.7 Å². The lowest BCUT2D eigenvalue weighted by Gasteiger charge is -2.20. The van der Waals surface area contributed by atoms with E-state index in [4.69, 9.17) is 19.2 Å². The van der Waals surface area contributed by atoms with Gasteiger partial charge >= 0.3 is 0 Å². The van der Waals surface area contributed by atoms with Gasteiger partial charge in [-0.05, 0) is 67.6 Å². The van der Waals surface area contributed by atoms with E-state index in [0.717, 1.165) is 5.56 Å². The molecule has 2 amide bonds. The summed E-state index contributed by atoms with van der Waals surface area (Å²) >= 11 is 0. The number of imide groups is 1. The highest BCUT2D eigenvalue weighted by Gasteiger charge is 2.44. The number of carbonyl (C=O) groups is 2. The van der Waals surface area contributed by atoms with Gasteiger partial charge in [-0.1, -0.05) is 30.3 Å². The highest BCUT2D eigenvalue weighted by atomic mass is 16.6. The number of unbranched alkanes of at least 4 members (excludes halogenated alkanes) is 2. The molecule has 3 heterocycles. The Kier molecular flexibility index (Phi) is 10.5. The third-order valence-corrected chi connectivity index (χ3v) is 8.55. The Labute approximate surface area is 277 Å². The van der Waals surface area contributed by atoms with Crippen LogP contribution < -0.4 is 14.8 Å². The summed E-state index contributed by atoms with van der Waals surface area (Å²) in [6, 6.07) is 19.8. The number of hydrogen-bond acceptors (Lipinski definition) is 11. The van der Waals surface area contributed by atoms with Crippen LogP contribution in [0.4, 0.5) is 5.95 Å². The van der Waals surface area contributed by atoms with Crippen molar-refractivity contribution < 1.29 is 44.2 Å². The quantitative estimate of drug-likeness (QED) is 0.0883. The van der Waals surface area contributed by atoms with E-state index in [2.05, 4.69) is 5.32 Å². The molecule has 3 aromatic carbocycles. The summed E-state index contributed by atoms with van der Waals surface area (Å²) in [6.07, 6.45) is -1.98. The number of carbonyl (C=O) groups excluding carboxylic acids is 2. The van der Waals surface area contributed by atoms with E-state index in [1.165, 1.54) is 4.90 Å². The van der Waals surface area contributed by atoms with Crippen LogP contribution in [-0.4, -0.2) is 98.0 Å². The van der Waals surface area contributed by atoms with Gasteiger partial charge < -0.3 is 40.0 Å². The first-order valence-electron chi connectivity index (χ1n) is 16.2. The van der Waals surface area contributed by atoms with Gasteiger partial charge in [0.15, 0.2) is 17.7 Å². The van der Waals surface area contributed by atoms with Gasteiger partial charge in [-0.2, -0.15) is 0 Å². The number of nitrogens with one attached hydrogen (secondary N) is 1. The standard InChI is InChI=1S/C35H40N4O9/c40-16-6-8-18-47-28-19-22(13-14-27(28)46-17-7-5-15-38-32(44)23-9-1-2-10-24(23)33(38)45)20-36-35-37-25-11-3-4-12-26(25)39(35)34-31(43)30(42)29(21-41)48-34/h1-4,9-14,19,29-31,34,40-43H,5-8,15-18,20-21H2,(H,36,37)/t29-,30-,31-,34-/m1/s1. The Morgan fingerprint density at radius 1 is 0.812 bits per heavy atom. The van der Waals surface area contributed by atoms with Crippen LogP contribution in [0.5, 0.6) is 11.5 Å². The number of fused-ring (bicyclic) bond motifs is 2. The topological polar surface area (TPSA) is 176 Å². The lowest BCUT2D eigenvalue weighted by Crippen LogP contribution is -2.33. The van der Waals surface area contributed by atoms with Crippen molar-refractivity contribution in [3.8, 4) is 11.5 Å². The molecular formula is C35H40N4O9. The maximum atomic E-state index is 12.6. The SMILES string of the molecule is O=C1c2ccccc2C(=O)N1CCCCOc1ccc(CNc2nc3ccccc3n2[C@@H]2O[C@H](CO)[C@@H](O)[C@H]2O)cc1OCCCCO. The van der Waals surface area contributed by atoms with Crippen molar-refractivity contribution in [2.24, 2.45) is 0 Å². The van der Waals surface area contributed by atoms with E-state index in [1.54, 1.807) is 28.8 Å². The van der Waals surface area contributed by atoms with Crippen LogP contribution in [-0.2, 0) is 11.3 Å². The number of benzene rings is 3. The molecule has 254 valence electrons. The summed E-state index contributed by atoms with van der Waals surface area (Å²) in [5.41, 5.74) is 3.08. The summed E-state index contributed by atoms with van der Waals surface area (Å²) in [5.74, 6) is 0.948. The van der Waals surface area contributed by atoms with Crippen LogP contribution in [0.3, 0.4) is 0 Å². The minimum Gasteiger partial charge on any atom is -0.490 e. The minimum absolute atomic E-state index is 0.0697. The van der Waals surface area contributed by atoms with Crippen LogP contribution in [0.25, 0.3) is 11.0 Å². The Balaban J connectivity index is 1.11. The normalized spacial score (nSPS) is 20.5. The molecule has 1 saturated heterocycles. The van der Waals surface area contributed by atoms with E-state index in [0.29, 0.717) is 91.6 Å². The monoisotopic (exact) mass is 660 g/mol. The van der Waals surface area contributed by atoms with Crippen molar-refractivity contribution in [3.63, 3.8) is 0 Å². The van der Waals surface area contributed by atoms with E-state index < -0.39 is 31.1 Å². The molecular weight excluding hydrogens is 620 g/mol. The van der Waals surface area contributed by atoms with Crippen molar-refractivity contribution >= 4 is 28.8 Å². The summed E-state index contributed by atoms with van der Waals surface area (Å²) in [5, 5.41) is 43.3. The maximum absolute atomic E-state index is 12.6. The zero-order chi connectivity index (χ0) is 33.6. The highest BCUT2D eigenvalue weighted by molar-refractivity contribution is 6.21. The number of rotatable bonds is 16. The number of aromatic nitrogens is 2. The number of aliphatic hydroxyl groups excluding tert-OH is 4. The number of anilines is 1. The largest absolute Gasteiger partial charge is 0.490 e. The molecule has 0 bridgehead atoms. The molecule has 4 atom stereocenters. The van der Waals surface area contributed by atoms with Gasteiger partial charge in [-0.15, -0.1) is 0 Å². The Morgan fingerprint density at radius 3 is 2.21 bits per heavy atom. The molecule has 0 saturated carbocycles. The fraction of sp³-hybridized carbons (Fsp3) is 0.400. The van der Waals surface area contributed by atoms with Crippen LogP contribution in [0.2, 0.25) is 0 Å². The number of amides is 2. The number of para-hydroxylation sites is 2. The second-order valence-corrected chi connectivity index (χ2v) is 11.8. The molecule has 6 rings (SSSR count). The number of hydrogen-bond donors (Lipinski definition) is 5. The molecule has 1 fully saturated rings. The summed E-state index contributed by atoms with van der Waals surface area (Å²) < 4.78 is 19.6. The highest BCUT2D eigenvalue weighted by Crippen LogP contribution is 2.35. The fourth-order valence-electron chi connectivity index (χ4n) is 5.99. The van der Waals surface area contributed by atoms with E-state index >= 15 is 0 Å². The fourth-order valence-corrected chi connectivity index (χ4v) is 5.99. The molecule has 4 aromatic rings. The molecule has 0 radical (unpaired) electrons. The smallest absolute Gasteiger partial charge is 0.261 e. The van der Waals surface area contributed by atoms with Crippen molar-refractivity contribution in [1.82, 2.24) is 14.5 Å². The zero-order valence-corrected chi connectivity index (χ0v) is 26.4. The number of imidazole rings is 1. The van der Waals surface area contributed by atoms with Gasteiger partial charge in [0.1, 0.15) is 18.3 Å². The van der Waals surface area contributed by atoms with Crippen LogP contribution in [0.15, 0.2) is 66.7 Å². The van der Waals surface area contributed by atoms with Gasteiger partial charge in [0.25, 0.3) is 11.8 Å². The average molecular weight is 661 g/mol. The lowest BCUT2D eigenvalue weighted by molar-refractivity contribution is -0.0499. The second-order valence-electron chi connectivity index (χ2n) is 11.8. The third-order valence-electron chi connectivity index (χ3n) is 8.55. The summed E-state index contributed by atoms with van der Waals surface area (Å²) in [6.45, 7) is 0.993. The van der Waals surface area contributed by atoms with Crippen molar-refractivity contribution in [2.75, 3.05) is 38.3 Å². The molecule has 13 nitrogen and oxygen atoms in total. The van der Waals surface area contributed by atoms with Crippen molar-refractivity contribution in [3.05, 3.63) is 83.4 Å². The zero-order valence-electron chi connectivity index (χ0n) is 26.4. The molecule has 2 aliphatic heterocycles. The number of aliphatic hydroxyl groups is 4. The first-order chi connectivity index (χ1) is 23.4. The van der Waals surface area contributed by atoms with Gasteiger partial charge in [-0.3, -0.25) is 19.1 Å². The Bertz CT molecular complexity index is 1710. The molecule has 13 heteroatoms. The van der Waals surface area contributed by atoms with E-state index in [1.807, 2.05) is 42.5 Å². The molecule has 5 N–H and O–H groups in total. The molecule has 2 aliphatic rings. The minimum atomic E-state index is -1.27. The molecule has 48 heavy (non-hydrogen) atoms. The van der Waals surface area contributed by atoms with Gasteiger partial charge in [0.2, 0.25) is 5.95 Å². The van der Waals surface area contributed by atoms with Gasteiger partial charge in [0.05, 0.1) is 42.0 Å². The van der Waals surface area contributed by atoms with Gasteiger partial charge in [-0.25, -0.2) is 4.98 Å². The molecule has 0 unspecified atom stereocenters. The lowest BCUT2D eigenvalue weighted by atomic mass is 10.1. The number of ether oxygens (including phenoxy) is 3. The van der Waals surface area contributed by atoms with Crippen molar-refractivity contribution in [2.45, 2.75) is 56.8 Å².